The molecule has 5 heteroatoms. The fraction of sp³-hybridized carbons (Fsp3) is 0.455. The molecule has 0 N–H and O–H groups in total. The van der Waals surface area contributed by atoms with E-state index in [4.69, 9.17) is 4.74 Å². The van der Waals surface area contributed by atoms with E-state index in [2.05, 4.69) is 4.98 Å². The van der Waals surface area contributed by atoms with E-state index in [0.29, 0.717) is 18.8 Å². The van der Waals surface area contributed by atoms with Crippen LogP contribution < -0.4 is 0 Å². The molecule has 2 rings (SSSR count). The predicted octanol–water partition coefficient (Wildman–Crippen LogP) is 1.27. The molecule has 0 radical (unpaired) electrons. The average molecular weight is 238 g/mol. The van der Waals surface area contributed by atoms with E-state index in [1.165, 1.54) is 0 Å². The summed E-state index contributed by atoms with van der Waals surface area (Å²) >= 11 is 1.61. The number of pyridine rings is 1. The van der Waals surface area contributed by atoms with Crippen molar-refractivity contribution in [3.05, 3.63) is 24.0 Å². The Morgan fingerprint density at radius 3 is 2.81 bits per heavy atom. The van der Waals surface area contributed by atoms with Gasteiger partial charge >= 0.3 is 0 Å². The van der Waals surface area contributed by atoms with Gasteiger partial charge in [0.05, 0.1) is 6.10 Å². The lowest BCUT2D eigenvalue weighted by Gasteiger charge is -2.37. The zero-order chi connectivity index (χ0) is 11.5. The first-order valence-corrected chi connectivity index (χ1v) is 6.29. The molecular formula is C11H14N2O2S. The van der Waals surface area contributed by atoms with Crippen molar-refractivity contribution in [3.63, 3.8) is 0 Å². The van der Waals surface area contributed by atoms with Gasteiger partial charge in [0.1, 0.15) is 5.69 Å². The van der Waals surface area contributed by atoms with E-state index < -0.39 is 0 Å². The SMILES string of the molecule is COC1CN(C(=O)c2ccc(SC)cn2)C1. The Morgan fingerprint density at radius 1 is 1.56 bits per heavy atom. The Hall–Kier alpha value is -1.07. The van der Waals surface area contributed by atoms with Crippen molar-refractivity contribution in [2.75, 3.05) is 26.5 Å². The molecule has 1 aliphatic heterocycles. The van der Waals surface area contributed by atoms with Crippen LogP contribution in [0.5, 0.6) is 0 Å². The van der Waals surface area contributed by atoms with Crippen LogP contribution in [0.25, 0.3) is 0 Å². The molecule has 2 heterocycles. The molecule has 1 aliphatic rings. The number of methoxy groups -OCH3 is 1. The van der Waals surface area contributed by atoms with E-state index in [1.807, 2.05) is 12.3 Å². The molecule has 0 bridgehead atoms. The first kappa shape index (κ1) is 11.4. The highest BCUT2D eigenvalue weighted by Gasteiger charge is 2.31. The molecule has 1 fully saturated rings. The van der Waals surface area contributed by atoms with Gasteiger partial charge < -0.3 is 9.64 Å². The summed E-state index contributed by atoms with van der Waals surface area (Å²) in [5, 5.41) is 0. The van der Waals surface area contributed by atoms with Crippen LogP contribution in [0.3, 0.4) is 0 Å². The number of thioether (sulfide) groups is 1. The first-order chi connectivity index (χ1) is 7.74. The van der Waals surface area contributed by atoms with Crippen LogP contribution >= 0.6 is 11.8 Å². The molecule has 1 aromatic rings. The summed E-state index contributed by atoms with van der Waals surface area (Å²) in [7, 11) is 1.66. The molecule has 0 spiro atoms. The fourth-order valence-corrected chi connectivity index (χ4v) is 1.90. The maximum atomic E-state index is 11.9. The largest absolute Gasteiger partial charge is 0.378 e. The second kappa shape index (κ2) is 4.84. The van der Waals surface area contributed by atoms with Crippen LogP contribution in [0.4, 0.5) is 0 Å². The zero-order valence-electron chi connectivity index (χ0n) is 9.34. The lowest BCUT2D eigenvalue weighted by atomic mass is 10.1. The molecule has 16 heavy (non-hydrogen) atoms. The van der Waals surface area contributed by atoms with Crippen LogP contribution in [0.15, 0.2) is 23.2 Å². The van der Waals surface area contributed by atoms with Crippen LogP contribution in [-0.2, 0) is 4.74 Å². The lowest BCUT2D eigenvalue weighted by molar-refractivity contribution is -0.0194. The van der Waals surface area contributed by atoms with Gasteiger partial charge in [0.2, 0.25) is 0 Å². The van der Waals surface area contributed by atoms with E-state index >= 15 is 0 Å². The van der Waals surface area contributed by atoms with Crippen molar-refractivity contribution in [3.8, 4) is 0 Å². The first-order valence-electron chi connectivity index (χ1n) is 5.06. The fourth-order valence-electron chi connectivity index (χ4n) is 1.54. The summed E-state index contributed by atoms with van der Waals surface area (Å²) < 4.78 is 5.12. The number of hydrogen-bond acceptors (Lipinski definition) is 4. The molecule has 0 aliphatic carbocycles. The standard InChI is InChI=1S/C11H14N2O2S/c1-15-8-6-13(7-8)11(14)10-4-3-9(16-2)5-12-10/h3-5,8H,6-7H2,1-2H3. The van der Waals surface area contributed by atoms with Crippen molar-refractivity contribution in [2.24, 2.45) is 0 Å². The lowest BCUT2D eigenvalue weighted by Crippen LogP contribution is -2.54. The summed E-state index contributed by atoms with van der Waals surface area (Å²) in [6.45, 7) is 1.34. The Kier molecular flexibility index (Phi) is 3.46. The number of hydrogen-bond donors (Lipinski definition) is 0. The highest BCUT2D eigenvalue weighted by molar-refractivity contribution is 7.98. The van der Waals surface area contributed by atoms with E-state index in [9.17, 15) is 4.79 Å². The van der Waals surface area contributed by atoms with Gasteiger partial charge in [-0.15, -0.1) is 11.8 Å². The van der Waals surface area contributed by atoms with Gasteiger partial charge in [-0.05, 0) is 18.4 Å². The number of ether oxygens (including phenoxy) is 1. The normalized spacial score (nSPS) is 16.0. The molecule has 1 saturated heterocycles. The molecule has 0 saturated carbocycles. The minimum absolute atomic E-state index is 0.0130. The Labute approximate surface area is 99.0 Å². The van der Waals surface area contributed by atoms with Crippen LogP contribution in [0, 0.1) is 0 Å². The second-order valence-corrected chi connectivity index (χ2v) is 4.53. The van der Waals surface area contributed by atoms with Gasteiger partial charge in [-0.3, -0.25) is 4.79 Å². The third-order valence-electron chi connectivity index (χ3n) is 2.66. The van der Waals surface area contributed by atoms with Gasteiger partial charge in [0.15, 0.2) is 0 Å². The van der Waals surface area contributed by atoms with Crippen molar-refractivity contribution < 1.29 is 9.53 Å². The molecule has 1 amide bonds. The summed E-state index contributed by atoms with van der Waals surface area (Å²) in [6.07, 6.45) is 3.90. The van der Waals surface area contributed by atoms with Gasteiger partial charge in [-0.25, -0.2) is 4.98 Å². The third-order valence-corrected chi connectivity index (χ3v) is 3.37. The van der Waals surface area contributed by atoms with Crippen molar-refractivity contribution in [1.82, 2.24) is 9.88 Å². The molecule has 0 unspecified atom stereocenters. The van der Waals surface area contributed by atoms with Gasteiger partial charge in [-0.2, -0.15) is 0 Å². The number of amides is 1. The molecular weight excluding hydrogens is 224 g/mol. The summed E-state index contributed by atoms with van der Waals surface area (Å²) in [6, 6.07) is 3.69. The average Bonchev–Trinajstić information content (AvgIpc) is 2.27. The minimum atomic E-state index is -0.0130. The zero-order valence-corrected chi connectivity index (χ0v) is 10.2. The van der Waals surface area contributed by atoms with Crippen LogP contribution in [0.2, 0.25) is 0 Å². The molecule has 4 nitrogen and oxygen atoms in total. The summed E-state index contributed by atoms with van der Waals surface area (Å²) in [5.41, 5.74) is 0.507. The maximum Gasteiger partial charge on any atom is 0.272 e. The molecule has 0 aromatic carbocycles. The Morgan fingerprint density at radius 2 is 2.31 bits per heavy atom. The molecule has 0 atom stereocenters. The van der Waals surface area contributed by atoms with Gasteiger partial charge in [0.25, 0.3) is 5.91 Å². The number of aromatic nitrogens is 1. The smallest absolute Gasteiger partial charge is 0.272 e. The number of carbonyl (C=O) groups is 1. The predicted molar refractivity (Wildman–Crippen MR) is 62.7 cm³/mol. The van der Waals surface area contributed by atoms with Gasteiger partial charge in [0, 0.05) is 31.3 Å². The summed E-state index contributed by atoms with van der Waals surface area (Å²) in [5.74, 6) is -0.0130. The van der Waals surface area contributed by atoms with Crippen LogP contribution in [-0.4, -0.2) is 48.4 Å². The quantitative estimate of drug-likeness (QED) is 0.744. The third kappa shape index (κ3) is 2.20. The minimum Gasteiger partial charge on any atom is -0.378 e. The Balaban J connectivity index is 1.99. The van der Waals surface area contributed by atoms with Crippen molar-refractivity contribution in [2.45, 2.75) is 11.0 Å². The monoisotopic (exact) mass is 238 g/mol. The van der Waals surface area contributed by atoms with Crippen LogP contribution in [0.1, 0.15) is 10.5 Å². The highest BCUT2D eigenvalue weighted by Crippen LogP contribution is 2.16. The van der Waals surface area contributed by atoms with E-state index in [-0.39, 0.29) is 12.0 Å². The topological polar surface area (TPSA) is 42.4 Å². The van der Waals surface area contributed by atoms with E-state index in [1.54, 1.807) is 36.0 Å². The maximum absolute atomic E-state index is 11.9. The van der Waals surface area contributed by atoms with Gasteiger partial charge in [-0.1, -0.05) is 0 Å². The number of carbonyl (C=O) groups excluding carboxylic acids is 1. The summed E-state index contributed by atoms with van der Waals surface area (Å²) in [4.78, 5) is 18.8. The van der Waals surface area contributed by atoms with Crippen molar-refractivity contribution >= 4 is 17.7 Å². The van der Waals surface area contributed by atoms with Crippen molar-refractivity contribution in [1.29, 1.82) is 0 Å². The molecule has 86 valence electrons. The second-order valence-electron chi connectivity index (χ2n) is 3.65. The molecule has 1 aromatic heterocycles. The highest BCUT2D eigenvalue weighted by atomic mass is 32.2. The van der Waals surface area contributed by atoms with E-state index in [0.717, 1.165) is 4.90 Å². The number of likely N-dealkylation sites (tertiary alicyclic amines) is 1. The number of nitrogens with zero attached hydrogens (tertiary/aromatic N) is 2. The number of rotatable bonds is 3. The Bertz CT molecular complexity index is 374.